The molecule has 0 radical (unpaired) electrons. The van der Waals surface area contributed by atoms with Crippen LogP contribution in [0.2, 0.25) is 0 Å². The van der Waals surface area contributed by atoms with Gasteiger partial charge in [-0.3, -0.25) is 4.79 Å². The van der Waals surface area contributed by atoms with E-state index < -0.39 is 0 Å². The van der Waals surface area contributed by atoms with E-state index in [9.17, 15) is 4.79 Å². The topological polar surface area (TPSA) is 17.1 Å². The van der Waals surface area contributed by atoms with Crippen molar-refractivity contribution in [2.45, 2.75) is 13.8 Å². The summed E-state index contributed by atoms with van der Waals surface area (Å²) in [6.07, 6.45) is 1.71. The monoisotopic (exact) mass is 160 g/mol. The quantitative estimate of drug-likeness (QED) is 0.608. The summed E-state index contributed by atoms with van der Waals surface area (Å²) in [5, 5.41) is 0. The number of aryl methyl sites for hydroxylation is 1. The summed E-state index contributed by atoms with van der Waals surface area (Å²) in [4.78, 5) is 11.1. The molecule has 12 heavy (non-hydrogen) atoms. The molecule has 1 aromatic carbocycles. The second-order valence-electron chi connectivity index (χ2n) is 2.85. The Balaban J connectivity index is 3.29. The Morgan fingerprint density at radius 1 is 1.50 bits per heavy atom. The summed E-state index contributed by atoms with van der Waals surface area (Å²) in [6.45, 7) is 7.23. The number of ketones is 1. The number of hydrogen-bond acceptors (Lipinski definition) is 1. The van der Waals surface area contributed by atoms with Gasteiger partial charge in [-0.15, -0.1) is 0 Å². The highest BCUT2D eigenvalue weighted by atomic mass is 16.1. The maximum atomic E-state index is 11.1. The molecule has 0 amide bonds. The summed E-state index contributed by atoms with van der Waals surface area (Å²) >= 11 is 0. The van der Waals surface area contributed by atoms with Crippen LogP contribution in [0.5, 0.6) is 0 Å². The standard InChI is InChI=1S/C11H12O/c1-4-10-7-8(2)5-6-11(10)9(3)12/h4-7H,1H2,2-3H3. The van der Waals surface area contributed by atoms with E-state index in [1.807, 2.05) is 25.1 Å². The van der Waals surface area contributed by atoms with Crippen molar-refractivity contribution in [3.05, 3.63) is 41.5 Å². The molecule has 0 spiro atoms. The molecule has 0 heterocycles. The Morgan fingerprint density at radius 2 is 2.17 bits per heavy atom. The molecule has 62 valence electrons. The third-order valence-electron chi connectivity index (χ3n) is 1.81. The molecule has 1 aromatic rings. The normalized spacial score (nSPS) is 9.50. The lowest BCUT2D eigenvalue weighted by Crippen LogP contribution is -1.95. The lowest BCUT2D eigenvalue weighted by molar-refractivity contribution is 0.101. The zero-order chi connectivity index (χ0) is 9.14. The maximum Gasteiger partial charge on any atom is 0.160 e. The van der Waals surface area contributed by atoms with Gasteiger partial charge in [0.05, 0.1) is 0 Å². The third kappa shape index (κ3) is 1.62. The van der Waals surface area contributed by atoms with Crippen LogP contribution >= 0.6 is 0 Å². The van der Waals surface area contributed by atoms with E-state index >= 15 is 0 Å². The highest BCUT2D eigenvalue weighted by Gasteiger charge is 2.03. The summed E-state index contributed by atoms with van der Waals surface area (Å²) in [6, 6.07) is 5.74. The summed E-state index contributed by atoms with van der Waals surface area (Å²) in [7, 11) is 0. The van der Waals surface area contributed by atoms with Gasteiger partial charge in [-0.25, -0.2) is 0 Å². The highest BCUT2D eigenvalue weighted by Crippen LogP contribution is 2.13. The molecular formula is C11H12O. The van der Waals surface area contributed by atoms with Crippen molar-refractivity contribution in [2.75, 3.05) is 0 Å². The molecule has 0 N–H and O–H groups in total. The Morgan fingerprint density at radius 3 is 2.67 bits per heavy atom. The fourth-order valence-electron chi connectivity index (χ4n) is 1.17. The predicted octanol–water partition coefficient (Wildman–Crippen LogP) is 2.84. The average Bonchev–Trinajstić information content (AvgIpc) is 2.03. The minimum atomic E-state index is 0.0879. The zero-order valence-corrected chi connectivity index (χ0v) is 7.42. The molecule has 0 aromatic heterocycles. The number of carbonyl (C=O) groups excluding carboxylic acids is 1. The minimum Gasteiger partial charge on any atom is -0.294 e. The first kappa shape index (κ1) is 8.72. The van der Waals surface area contributed by atoms with Crippen molar-refractivity contribution in [3.63, 3.8) is 0 Å². The van der Waals surface area contributed by atoms with Crippen molar-refractivity contribution < 1.29 is 4.79 Å². The maximum absolute atomic E-state index is 11.1. The van der Waals surface area contributed by atoms with E-state index in [1.165, 1.54) is 0 Å². The molecular weight excluding hydrogens is 148 g/mol. The fourth-order valence-corrected chi connectivity index (χ4v) is 1.17. The molecule has 0 aliphatic carbocycles. The number of hydrogen-bond donors (Lipinski definition) is 0. The van der Waals surface area contributed by atoms with Crippen LogP contribution in [0.25, 0.3) is 6.08 Å². The van der Waals surface area contributed by atoms with Gasteiger partial charge in [0.1, 0.15) is 0 Å². The van der Waals surface area contributed by atoms with Gasteiger partial charge in [0.15, 0.2) is 5.78 Å². The van der Waals surface area contributed by atoms with Gasteiger partial charge in [0.25, 0.3) is 0 Å². The first-order chi connectivity index (χ1) is 5.65. The lowest BCUT2D eigenvalue weighted by atomic mass is 10.0. The molecule has 0 unspecified atom stereocenters. The Hall–Kier alpha value is -1.37. The third-order valence-corrected chi connectivity index (χ3v) is 1.81. The van der Waals surface area contributed by atoms with Gasteiger partial charge >= 0.3 is 0 Å². The van der Waals surface area contributed by atoms with Crippen molar-refractivity contribution in [1.29, 1.82) is 0 Å². The van der Waals surface area contributed by atoms with E-state index in [-0.39, 0.29) is 5.78 Å². The van der Waals surface area contributed by atoms with E-state index in [4.69, 9.17) is 0 Å². The molecule has 0 aliphatic rings. The number of carbonyl (C=O) groups is 1. The van der Waals surface area contributed by atoms with Gasteiger partial charge < -0.3 is 0 Å². The number of Topliss-reactive ketones (excluding diaryl/α,β-unsaturated/α-hetero) is 1. The second-order valence-corrected chi connectivity index (χ2v) is 2.85. The van der Waals surface area contributed by atoms with Gasteiger partial charge in [-0.05, 0) is 19.4 Å². The molecule has 1 heteroatoms. The minimum absolute atomic E-state index is 0.0879. The van der Waals surface area contributed by atoms with Crippen LogP contribution in [-0.2, 0) is 0 Å². The Labute approximate surface area is 72.7 Å². The summed E-state index contributed by atoms with van der Waals surface area (Å²) < 4.78 is 0. The van der Waals surface area contributed by atoms with E-state index in [2.05, 4.69) is 6.58 Å². The molecule has 1 nitrogen and oxygen atoms in total. The van der Waals surface area contributed by atoms with Crippen LogP contribution in [-0.4, -0.2) is 5.78 Å². The second kappa shape index (κ2) is 3.35. The van der Waals surface area contributed by atoms with Gasteiger partial charge in [-0.2, -0.15) is 0 Å². The summed E-state index contributed by atoms with van der Waals surface area (Å²) in [5.74, 6) is 0.0879. The van der Waals surface area contributed by atoms with Crippen LogP contribution in [0.3, 0.4) is 0 Å². The fraction of sp³-hybridized carbons (Fsp3) is 0.182. The molecule has 0 saturated heterocycles. The molecule has 0 aliphatic heterocycles. The first-order valence-corrected chi connectivity index (χ1v) is 3.89. The molecule has 0 bridgehead atoms. The summed E-state index contributed by atoms with van der Waals surface area (Å²) in [5.41, 5.74) is 2.81. The van der Waals surface area contributed by atoms with E-state index in [0.29, 0.717) is 0 Å². The van der Waals surface area contributed by atoms with Crippen molar-refractivity contribution in [2.24, 2.45) is 0 Å². The Bertz CT molecular complexity index is 324. The van der Waals surface area contributed by atoms with Crippen molar-refractivity contribution >= 4 is 11.9 Å². The molecule has 0 atom stereocenters. The van der Waals surface area contributed by atoms with Gasteiger partial charge in [0, 0.05) is 5.56 Å². The highest BCUT2D eigenvalue weighted by molar-refractivity contribution is 5.97. The van der Waals surface area contributed by atoms with Crippen molar-refractivity contribution in [1.82, 2.24) is 0 Å². The van der Waals surface area contributed by atoms with Gasteiger partial charge in [-0.1, -0.05) is 36.4 Å². The van der Waals surface area contributed by atoms with E-state index in [0.717, 1.165) is 16.7 Å². The molecule has 0 saturated carbocycles. The smallest absolute Gasteiger partial charge is 0.160 e. The number of benzene rings is 1. The first-order valence-electron chi connectivity index (χ1n) is 3.89. The molecule has 0 fully saturated rings. The SMILES string of the molecule is C=Cc1cc(C)ccc1C(C)=O. The van der Waals surface area contributed by atoms with Crippen LogP contribution in [0, 0.1) is 6.92 Å². The van der Waals surface area contributed by atoms with Crippen LogP contribution in [0.4, 0.5) is 0 Å². The molecule has 1 rings (SSSR count). The largest absolute Gasteiger partial charge is 0.294 e. The Kier molecular flexibility index (Phi) is 2.44. The van der Waals surface area contributed by atoms with Crippen LogP contribution < -0.4 is 0 Å². The van der Waals surface area contributed by atoms with E-state index in [1.54, 1.807) is 13.0 Å². The van der Waals surface area contributed by atoms with Crippen LogP contribution in [0.1, 0.15) is 28.4 Å². The predicted molar refractivity (Wildman–Crippen MR) is 51.3 cm³/mol. The lowest BCUT2D eigenvalue weighted by Gasteiger charge is -2.02. The van der Waals surface area contributed by atoms with Crippen molar-refractivity contribution in [3.8, 4) is 0 Å². The zero-order valence-electron chi connectivity index (χ0n) is 7.42. The van der Waals surface area contributed by atoms with Crippen LogP contribution in [0.15, 0.2) is 24.8 Å². The number of rotatable bonds is 2. The average molecular weight is 160 g/mol. The van der Waals surface area contributed by atoms with Gasteiger partial charge in [0.2, 0.25) is 0 Å².